The third-order valence-electron chi connectivity index (χ3n) is 4.15. The summed E-state index contributed by atoms with van der Waals surface area (Å²) in [5, 5.41) is 0. The highest BCUT2D eigenvalue weighted by Gasteiger charge is 2.01. The van der Waals surface area contributed by atoms with Gasteiger partial charge in [-0.25, -0.2) is 0 Å². The minimum absolute atomic E-state index is 0.123. The smallest absolute Gasteiger partial charge is 0.305 e. The molecule has 0 spiro atoms. The van der Waals surface area contributed by atoms with Crippen LogP contribution < -0.4 is 0 Å². The van der Waals surface area contributed by atoms with Crippen molar-refractivity contribution in [1.29, 1.82) is 0 Å². The largest absolute Gasteiger partial charge is 0.466 e. The molecule has 150 valence electrons. The van der Waals surface area contributed by atoms with Crippen LogP contribution in [-0.4, -0.2) is 39.0 Å². The van der Waals surface area contributed by atoms with E-state index in [0.29, 0.717) is 32.8 Å². The normalized spacial score (nSPS) is 11.0. The molecule has 0 bridgehead atoms. The Morgan fingerprint density at radius 1 is 0.560 bits per heavy atom. The van der Waals surface area contributed by atoms with Crippen LogP contribution in [0.25, 0.3) is 0 Å². The number of unbranched alkanes of at least 4 members (excludes halogenated alkanes) is 9. The molecule has 0 N–H and O–H groups in total. The second-order valence-corrected chi connectivity index (χ2v) is 6.73. The SMILES string of the molecule is CCCCCCCCCCCCOCCOCCCC(=O)OCCC. The highest BCUT2D eigenvalue weighted by molar-refractivity contribution is 5.69. The van der Waals surface area contributed by atoms with Gasteiger partial charge < -0.3 is 14.2 Å². The van der Waals surface area contributed by atoms with E-state index in [1.807, 2.05) is 6.92 Å². The molecular weight excluding hydrogens is 316 g/mol. The topological polar surface area (TPSA) is 44.8 Å². The van der Waals surface area contributed by atoms with Crippen LogP contribution in [-0.2, 0) is 19.0 Å². The van der Waals surface area contributed by atoms with Gasteiger partial charge in [-0.1, -0.05) is 71.6 Å². The maximum atomic E-state index is 11.3. The summed E-state index contributed by atoms with van der Waals surface area (Å²) in [7, 11) is 0. The molecule has 0 amide bonds. The van der Waals surface area contributed by atoms with Crippen LogP contribution in [0.15, 0.2) is 0 Å². The van der Waals surface area contributed by atoms with E-state index < -0.39 is 0 Å². The van der Waals surface area contributed by atoms with Gasteiger partial charge >= 0.3 is 5.97 Å². The van der Waals surface area contributed by atoms with Crippen molar-refractivity contribution in [2.45, 2.75) is 97.3 Å². The Kier molecular flexibility index (Phi) is 20.9. The molecule has 0 radical (unpaired) electrons. The van der Waals surface area contributed by atoms with Crippen molar-refractivity contribution in [3.05, 3.63) is 0 Å². The van der Waals surface area contributed by atoms with Crippen LogP contribution in [0.4, 0.5) is 0 Å². The lowest BCUT2D eigenvalue weighted by Crippen LogP contribution is -2.09. The standard InChI is InChI=1S/C21H42O4/c1-3-5-6-7-8-9-10-11-12-13-17-23-19-20-24-18-14-15-21(22)25-16-4-2/h3-20H2,1-2H3. The zero-order valence-corrected chi connectivity index (χ0v) is 16.9. The molecule has 4 nitrogen and oxygen atoms in total. The van der Waals surface area contributed by atoms with Gasteiger partial charge in [0, 0.05) is 19.6 Å². The van der Waals surface area contributed by atoms with E-state index in [4.69, 9.17) is 14.2 Å². The lowest BCUT2D eigenvalue weighted by atomic mass is 10.1. The first-order valence-corrected chi connectivity index (χ1v) is 10.6. The van der Waals surface area contributed by atoms with E-state index >= 15 is 0 Å². The molecule has 0 saturated heterocycles. The van der Waals surface area contributed by atoms with E-state index in [-0.39, 0.29) is 5.97 Å². The summed E-state index contributed by atoms with van der Waals surface area (Å²) in [4.78, 5) is 11.3. The number of hydrogen-bond donors (Lipinski definition) is 0. The van der Waals surface area contributed by atoms with Crippen molar-refractivity contribution in [2.75, 3.05) is 33.0 Å². The van der Waals surface area contributed by atoms with Gasteiger partial charge in [-0.05, 0) is 19.3 Å². The van der Waals surface area contributed by atoms with Gasteiger partial charge in [-0.2, -0.15) is 0 Å². The molecule has 0 saturated carbocycles. The minimum atomic E-state index is -0.123. The monoisotopic (exact) mass is 358 g/mol. The molecule has 0 aromatic heterocycles. The molecule has 4 heteroatoms. The third-order valence-corrected chi connectivity index (χ3v) is 4.15. The summed E-state index contributed by atoms with van der Waals surface area (Å²) in [6.07, 6.45) is 15.5. The molecular formula is C21H42O4. The zero-order chi connectivity index (χ0) is 18.4. The molecule has 0 aliphatic carbocycles. The van der Waals surface area contributed by atoms with Gasteiger partial charge in [0.05, 0.1) is 19.8 Å². The number of ether oxygens (including phenoxy) is 3. The molecule has 25 heavy (non-hydrogen) atoms. The summed E-state index contributed by atoms with van der Waals surface area (Å²) < 4.78 is 16.0. The van der Waals surface area contributed by atoms with Crippen molar-refractivity contribution in [3.8, 4) is 0 Å². The van der Waals surface area contributed by atoms with Crippen LogP contribution in [0.1, 0.15) is 97.3 Å². The molecule has 0 aromatic carbocycles. The van der Waals surface area contributed by atoms with Gasteiger partial charge in [-0.3, -0.25) is 4.79 Å². The van der Waals surface area contributed by atoms with Gasteiger partial charge in [0.1, 0.15) is 0 Å². The van der Waals surface area contributed by atoms with Gasteiger partial charge in [0.25, 0.3) is 0 Å². The minimum Gasteiger partial charge on any atom is -0.466 e. The summed E-state index contributed by atoms with van der Waals surface area (Å²) in [6, 6.07) is 0. The molecule has 0 aliphatic heterocycles. The fourth-order valence-electron chi connectivity index (χ4n) is 2.62. The highest BCUT2D eigenvalue weighted by atomic mass is 16.5. The fourth-order valence-corrected chi connectivity index (χ4v) is 2.62. The molecule has 0 aromatic rings. The third kappa shape index (κ3) is 21.3. The quantitative estimate of drug-likeness (QED) is 0.208. The first kappa shape index (κ1) is 24.4. The number of rotatable bonds is 20. The van der Waals surface area contributed by atoms with Crippen molar-refractivity contribution in [2.24, 2.45) is 0 Å². The van der Waals surface area contributed by atoms with E-state index in [9.17, 15) is 4.79 Å². The summed E-state index contributed by atoms with van der Waals surface area (Å²) in [6.45, 7) is 7.48. The Hall–Kier alpha value is -0.610. The highest BCUT2D eigenvalue weighted by Crippen LogP contribution is 2.10. The predicted octanol–water partition coefficient (Wildman–Crippen LogP) is 5.67. The van der Waals surface area contributed by atoms with Crippen molar-refractivity contribution >= 4 is 5.97 Å². The van der Waals surface area contributed by atoms with Crippen molar-refractivity contribution in [3.63, 3.8) is 0 Å². The fraction of sp³-hybridized carbons (Fsp3) is 0.952. The first-order chi connectivity index (χ1) is 12.3. The summed E-state index contributed by atoms with van der Waals surface area (Å²) in [5.41, 5.74) is 0. The predicted molar refractivity (Wildman–Crippen MR) is 104 cm³/mol. The second-order valence-electron chi connectivity index (χ2n) is 6.73. The summed E-state index contributed by atoms with van der Waals surface area (Å²) in [5.74, 6) is -0.123. The first-order valence-electron chi connectivity index (χ1n) is 10.6. The molecule has 0 aliphatic rings. The Morgan fingerprint density at radius 3 is 1.64 bits per heavy atom. The Labute approximate surface area is 156 Å². The van der Waals surface area contributed by atoms with E-state index in [2.05, 4.69) is 6.92 Å². The number of esters is 1. The van der Waals surface area contributed by atoms with Crippen LogP contribution >= 0.6 is 0 Å². The lowest BCUT2D eigenvalue weighted by Gasteiger charge is -2.06. The molecule has 0 rings (SSSR count). The van der Waals surface area contributed by atoms with Crippen molar-refractivity contribution in [1.82, 2.24) is 0 Å². The Morgan fingerprint density at radius 2 is 1.08 bits per heavy atom. The van der Waals surface area contributed by atoms with E-state index in [0.717, 1.165) is 25.9 Å². The lowest BCUT2D eigenvalue weighted by molar-refractivity contribution is -0.144. The Bertz CT molecular complexity index is 269. The van der Waals surface area contributed by atoms with Gasteiger partial charge in [-0.15, -0.1) is 0 Å². The van der Waals surface area contributed by atoms with Gasteiger partial charge in [0.2, 0.25) is 0 Å². The molecule has 0 atom stereocenters. The average Bonchev–Trinajstić information content (AvgIpc) is 2.62. The maximum Gasteiger partial charge on any atom is 0.305 e. The van der Waals surface area contributed by atoms with Crippen LogP contribution in [0, 0.1) is 0 Å². The second kappa shape index (κ2) is 21.4. The van der Waals surface area contributed by atoms with Crippen molar-refractivity contribution < 1.29 is 19.0 Å². The zero-order valence-electron chi connectivity index (χ0n) is 16.9. The average molecular weight is 359 g/mol. The molecule has 0 fully saturated rings. The van der Waals surface area contributed by atoms with Crippen LogP contribution in [0.5, 0.6) is 0 Å². The Balaban J connectivity index is 3.04. The number of carbonyl (C=O) groups excluding carboxylic acids is 1. The maximum absolute atomic E-state index is 11.3. The van der Waals surface area contributed by atoms with Crippen LogP contribution in [0.3, 0.4) is 0 Å². The van der Waals surface area contributed by atoms with Crippen LogP contribution in [0.2, 0.25) is 0 Å². The number of hydrogen-bond acceptors (Lipinski definition) is 4. The van der Waals surface area contributed by atoms with E-state index in [1.54, 1.807) is 0 Å². The number of carbonyl (C=O) groups is 1. The molecule has 0 unspecified atom stereocenters. The van der Waals surface area contributed by atoms with E-state index in [1.165, 1.54) is 57.8 Å². The summed E-state index contributed by atoms with van der Waals surface area (Å²) >= 11 is 0. The molecule has 0 heterocycles. The van der Waals surface area contributed by atoms with Gasteiger partial charge in [0.15, 0.2) is 0 Å².